The van der Waals surface area contributed by atoms with Gasteiger partial charge < -0.3 is 14.8 Å². The van der Waals surface area contributed by atoms with Gasteiger partial charge in [-0.25, -0.2) is 0 Å². The lowest BCUT2D eigenvalue weighted by Gasteiger charge is -2.46. The maximum absolute atomic E-state index is 12.6. The lowest BCUT2D eigenvalue weighted by Crippen LogP contribution is -2.56. The third kappa shape index (κ3) is 2.60. The monoisotopic (exact) mass is 391 g/mol. The van der Waals surface area contributed by atoms with E-state index in [1.54, 1.807) is 12.3 Å². The Hall–Kier alpha value is -1.63. The molecule has 6 heteroatoms. The van der Waals surface area contributed by atoms with Gasteiger partial charge in [-0.3, -0.25) is 4.79 Å². The highest BCUT2D eigenvalue weighted by molar-refractivity contribution is 9.10. The number of hydrogen-bond acceptors (Lipinski definition) is 4. The van der Waals surface area contributed by atoms with Crippen LogP contribution in [-0.2, 0) is 5.54 Å². The highest BCUT2D eigenvalue weighted by Crippen LogP contribution is 2.42. The van der Waals surface area contributed by atoms with Gasteiger partial charge >= 0.3 is 0 Å². The lowest BCUT2D eigenvalue weighted by molar-refractivity contribution is 0.00109. The molecular formula is C17H14BrNO3S. The molecule has 0 unspecified atom stereocenters. The number of benzene rings is 1. The summed E-state index contributed by atoms with van der Waals surface area (Å²) in [6.45, 7) is 0. The van der Waals surface area contributed by atoms with Crippen LogP contribution in [0.2, 0.25) is 0 Å². The fraction of sp³-hybridized carbons (Fsp3) is 0.235. The minimum Gasteiger partial charge on any atom is -0.463 e. The number of fused-ring (bicyclic) bond motifs is 1. The van der Waals surface area contributed by atoms with Crippen molar-refractivity contribution in [1.29, 1.82) is 0 Å². The van der Waals surface area contributed by atoms with Crippen LogP contribution in [0.5, 0.6) is 0 Å². The number of amides is 1. The topological polar surface area (TPSA) is 62.5 Å². The number of furan rings is 1. The SMILES string of the molecule is O=C(NC1(c2ccc(Br)cc2)CC(O)C1)c1cc2occc2s1. The van der Waals surface area contributed by atoms with E-state index >= 15 is 0 Å². The largest absolute Gasteiger partial charge is 0.463 e. The van der Waals surface area contributed by atoms with Crippen LogP contribution in [0.15, 0.2) is 51.6 Å². The third-order valence-corrected chi connectivity index (χ3v) is 5.89. The summed E-state index contributed by atoms with van der Waals surface area (Å²) in [7, 11) is 0. The Kier molecular flexibility index (Phi) is 3.55. The van der Waals surface area contributed by atoms with Crippen molar-refractivity contribution in [3.63, 3.8) is 0 Å². The maximum Gasteiger partial charge on any atom is 0.262 e. The number of hydrogen-bond donors (Lipinski definition) is 2. The van der Waals surface area contributed by atoms with Gasteiger partial charge in [0.25, 0.3) is 5.91 Å². The number of nitrogens with one attached hydrogen (secondary N) is 1. The van der Waals surface area contributed by atoms with Gasteiger partial charge in [0.2, 0.25) is 0 Å². The van der Waals surface area contributed by atoms with Crippen LogP contribution in [0.1, 0.15) is 28.1 Å². The summed E-state index contributed by atoms with van der Waals surface area (Å²) < 4.78 is 7.27. The Morgan fingerprint density at radius 2 is 2.04 bits per heavy atom. The molecule has 0 spiro atoms. The van der Waals surface area contributed by atoms with Crippen LogP contribution in [-0.4, -0.2) is 17.1 Å². The molecule has 0 radical (unpaired) electrons. The van der Waals surface area contributed by atoms with Crippen LogP contribution in [0.25, 0.3) is 10.3 Å². The van der Waals surface area contributed by atoms with Crippen molar-refractivity contribution in [3.8, 4) is 0 Å². The smallest absolute Gasteiger partial charge is 0.262 e. The molecule has 3 aromatic rings. The van der Waals surface area contributed by atoms with Crippen LogP contribution in [0, 0.1) is 0 Å². The highest BCUT2D eigenvalue weighted by atomic mass is 79.9. The molecule has 4 nitrogen and oxygen atoms in total. The van der Waals surface area contributed by atoms with Crippen molar-refractivity contribution in [1.82, 2.24) is 5.32 Å². The Labute approximate surface area is 145 Å². The highest BCUT2D eigenvalue weighted by Gasteiger charge is 2.46. The van der Waals surface area contributed by atoms with Gasteiger partial charge in [-0.15, -0.1) is 11.3 Å². The quantitative estimate of drug-likeness (QED) is 0.707. The standard InChI is InChI=1S/C17H14BrNO3S/c18-11-3-1-10(2-4-11)17(8-12(20)9-17)19-16(21)15-7-13-14(23-15)5-6-22-13/h1-7,12,20H,8-9H2,(H,19,21). The van der Waals surface area contributed by atoms with E-state index < -0.39 is 5.54 Å². The molecule has 2 N–H and O–H groups in total. The van der Waals surface area contributed by atoms with E-state index in [-0.39, 0.29) is 12.0 Å². The van der Waals surface area contributed by atoms with E-state index in [0.717, 1.165) is 20.3 Å². The number of carbonyl (C=O) groups is 1. The molecule has 1 amide bonds. The first-order valence-corrected chi connectivity index (χ1v) is 8.90. The third-order valence-electron chi connectivity index (χ3n) is 4.28. The van der Waals surface area contributed by atoms with E-state index in [1.165, 1.54) is 11.3 Å². The molecule has 4 rings (SSSR count). The Morgan fingerprint density at radius 1 is 1.30 bits per heavy atom. The van der Waals surface area contributed by atoms with Crippen molar-refractivity contribution in [2.24, 2.45) is 0 Å². The number of rotatable bonds is 3. The minimum atomic E-state index is -0.498. The average molecular weight is 392 g/mol. The second kappa shape index (κ2) is 5.47. The van der Waals surface area contributed by atoms with Gasteiger partial charge in [-0.05, 0) is 23.8 Å². The first kappa shape index (κ1) is 14.9. The molecule has 1 fully saturated rings. The zero-order valence-corrected chi connectivity index (χ0v) is 14.5. The van der Waals surface area contributed by atoms with Gasteiger partial charge in [0, 0.05) is 23.4 Å². The van der Waals surface area contributed by atoms with Gasteiger partial charge in [0.05, 0.1) is 27.5 Å². The van der Waals surface area contributed by atoms with E-state index in [0.29, 0.717) is 17.7 Å². The van der Waals surface area contributed by atoms with Crippen molar-refractivity contribution in [3.05, 3.63) is 57.6 Å². The molecule has 23 heavy (non-hydrogen) atoms. The molecule has 2 heterocycles. The summed E-state index contributed by atoms with van der Waals surface area (Å²) in [5, 5.41) is 12.9. The predicted octanol–water partition coefficient (Wildman–Crippen LogP) is 4.04. The van der Waals surface area contributed by atoms with Crippen molar-refractivity contribution in [2.75, 3.05) is 0 Å². The second-order valence-corrected chi connectivity index (χ2v) is 7.86. The van der Waals surface area contributed by atoms with Gasteiger partial charge in [0.1, 0.15) is 5.58 Å². The minimum absolute atomic E-state index is 0.129. The second-order valence-electron chi connectivity index (χ2n) is 5.86. The molecule has 1 aliphatic rings. The lowest BCUT2D eigenvalue weighted by atomic mass is 9.69. The number of halogens is 1. The Morgan fingerprint density at radius 3 is 2.70 bits per heavy atom. The first-order chi connectivity index (χ1) is 11.1. The van der Waals surface area contributed by atoms with Crippen LogP contribution >= 0.6 is 27.3 Å². The molecule has 118 valence electrons. The zero-order chi connectivity index (χ0) is 16.0. The van der Waals surface area contributed by atoms with E-state index in [1.807, 2.05) is 30.3 Å². The number of carbonyl (C=O) groups excluding carboxylic acids is 1. The summed E-state index contributed by atoms with van der Waals surface area (Å²) in [5.74, 6) is -0.129. The Bertz CT molecular complexity index is 833. The molecule has 0 aliphatic heterocycles. The Balaban J connectivity index is 1.62. The number of aliphatic hydroxyl groups excluding tert-OH is 1. The number of thiophene rings is 1. The molecular weight excluding hydrogens is 378 g/mol. The molecule has 0 bridgehead atoms. The fourth-order valence-electron chi connectivity index (χ4n) is 3.08. The molecule has 1 saturated carbocycles. The summed E-state index contributed by atoms with van der Waals surface area (Å²) in [4.78, 5) is 13.3. The van der Waals surface area contributed by atoms with Gasteiger partial charge in [-0.2, -0.15) is 0 Å². The van der Waals surface area contributed by atoms with E-state index in [2.05, 4.69) is 21.2 Å². The van der Waals surface area contributed by atoms with Crippen LogP contribution < -0.4 is 5.32 Å². The fourth-order valence-corrected chi connectivity index (χ4v) is 4.22. The molecule has 0 atom stereocenters. The summed E-state index contributed by atoms with van der Waals surface area (Å²) in [6.07, 6.45) is 2.30. The summed E-state index contributed by atoms with van der Waals surface area (Å²) in [5.41, 5.74) is 1.24. The van der Waals surface area contributed by atoms with Gasteiger partial charge in [-0.1, -0.05) is 28.1 Å². The van der Waals surface area contributed by atoms with Crippen molar-refractivity contribution >= 4 is 43.5 Å². The predicted molar refractivity (Wildman–Crippen MR) is 92.6 cm³/mol. The summed E-state index contributed by atoms with van der Waals surface area (Å²) >= 11 is 4.83. The van der Waals surface area contributed by atoms with Crippen molar-refractivity contribution in [2.45, 2.75) is 24.5 Å². The van der Waals surface area contributed by atoms with Crippen molar-refractivity contribution < 1.29 is 14.3 Å². The summed E-state index contributed by atoms with van der Waals surface area (Å²) in [6, 6.07) is 11.5. The molecule has 1 aliphatic carbocycles. The molecule has 1 aromatic carbocycles. The maximum atomic E-state index is 12.6. The normalized spacial score (nSPS) is 23.7. The molecule has 0 saturated heterocycles. The van der Waals surface area contributed by atoms with Crippen LogP contribution in [0.3, 0.4) is 0 Å². The first-order valence-electron chi connectivity index (χ1n) is 7.29. The number of aliphatic hydroxyl groups is 1. The average Bonchev–Trinajstić information content (AvgIpc) is 3.07. The molecule has 2 aromatic heterocycles. The van der Waals surface area contributed by atoms with E-state index in [4.69, 9.17) is 4.42 Å². The van der Waals surface area contributed by atoms with E-state index in [9.17, 15) is 9.90 Å². The van der Waals surface area contributed by atoms with Gasteiger partial charge in [0.15, 0.2) is 0 Å². The zero-order valence-electron chi connectivity index (χ0n) is 12.1. The van der Waals surface area contributed by atoms with Crippen LogP contribution in [0.4, 0.5) is 0 Å².